The Morgan fingerprint density at radius 1 is 1.22 bits per heavy atom. The Balaban J connectivity index is 1.51. The molecule has 3 N–H and O–H groups in total. The number of urea groups is 2. The van der Waals surface area contributed by atoms with Crippen LogP contribution in [0, 0.1) is 0 Å². The molecule has 1 aromatic carbocycles. The SMILES string of the molecule is CC1=C(C(=O)[O-])N2C(=O)[C@@H](NC(=O)[C@H](NC(=O)N3CCNC3=O)c3ccccc3)[C@H]2SC1. The van der Waals surface area contributed by atoms with Crippen LogP contribution in [0.3, 0.4) is 0 Å². The highest BCUT2D eigenvalue weighted by molar-refractivity contribution is 8.00. The molecule has 0 spiro atoms. The molecule has 0 radical (unpaired) electrons. The molecular formula is C20H20N5O6S-. The van der Waals surface area contributed by atoms with Crippen molar-refractivity contribution in [1.82, 2.24) is 25.8 Å². The lowest BCUT2D eigenvalue weighted by atomic mass is 10.0. The van der Waals surface area contributed by atoms with Crippen LogP contribution < -0.4 is 21.1 Å². The molecule has 12 heteroatoms. The molecule has 3 atom stereocenters. The molecule has 11 nitrogen and oxygen atoms in total. The van der Waals surface area contributed by atoms with E-state index in [2.05, 4.69) is 16.0 Å². The number of nitrogens with one attached hydrogen (secondary N) is 3. The van der Waals surface area contributed by atoms with E-state index in [9.17, 15) is 29.1 Å². The third kappa shape index (κ3) is 3.77. The minimum absolute atomic E-state index is 0.167. The molecule has 2 fully saturated rings. The van der Waals surface area contributed by atoms with Gasteiger partial charge in [-0.25, -0.2) is 14.5 Å². The normalized spacial score (nSPS) is 23.2. The van der Waals surface area contributed by atoms with Gasteiger partial charge < -0.3 is 25.9 Å². The third-order valence-corrected chi connectivity index (χ3v) is 6.84. The minimum atomic E-state index is -1.44. The van der Waals surface area contributed by atoms with Gasteiger partial charge in [0.15, 0.2) is 0 Å². The van der Waals surface area contributed by atoms with Crippen LogP contribution in [0.2, 0.25) is 0 Å². The number of carbonyl (C=O) groups excluding carboxylic acids is 5. The first-order valence-electron chi connectivity index (χ1n) is 9.86. The lowest BCUT2D eigenvalue weighted by Gasteiger charge is -2.50. The largest absolute Gasteiger partial charge is 0.543 e. The number of benzene rings is 1. The van der Waals surface area contributed by atoms with Gasteiger partial charge in [-0.2, -0.15) is 0 Å². The number of carbonyl (C=O) groups is 5. The molecule has 4 rings (SSSR count). The van der Waals surface area contributed by atoms with Gasteiger partial charge in [-0.1, -0.05) is 30.3 Å². The molecule has 3 aliphatic heterocycles. The van der Waals surface area contributed by atoms with E-state index < -0.39 is 47.3 Å². The van der Waals surface area contributed by atoms with Crippen molar-refractivity contribution in [3.63, 3.8) is 0 Å². The fraction of sp³-hybridized carbons (Fsp3) is 0.350. The number of aliphatic carboxylic acids is 1. The summed E-state index contributed by atoms with van der Waals surface area (Å²) >= 11 is 1.33. The van der Waals surface area contributed by atoms with Gasteiger partial charge in [0.2, 0.25) is 5.91 Å². The maximum atomic E-state index is 13.1. The lowest BCUT2D eigenvalue weighted by Crippen LogP contribution is -2.71. The molecule has 3 heterocycles. The molecule has 2 saturated heterocycles. The van der Waals surface area contributed by atoms with Crippen molar-refractivity contribution < 1.29 is 29.1 Å². The Morgan fingerprint density at radius 3 is 2.56 bits per heavy atom. The molecular weight excluding hydrogens is 438 g/mol. The van der Waals surface area contributed by atoms with Gasteiger partial charge in [0, 0.05) is 18.8 Å². The van der Waals surface area contributed by atoms with Gasteiger partial charge in [-0.3, -0.25) is 14.5 Å². The van der Waals surface area contributed by atoms with E-state index in [1.54, 1.807) is 37.3 Å². The van der Waals surface area contributed by atoms with E-state index >= 15 is 0 Å². The summed E-state index contributed by atoms with van der Waals surface area (Å²) in [7, 11) is 0. The Hall–Kier alpha value is -3.54. The number of fused-ring (bicyclic) bond motifs is 1. The van der Waals surface area contributed by atoms with Crippen molar-refractivity contribution in [2.24, 2.45) is 0 Å². The molecule has 6 amide bonds. The average Bonchev–Trinajstić information content (AvgIpc) is 3.21. The summed E-state index contributed by atoms with van der Waals surface area (Å²) in [6, 6.07) is 4.99. The predicted octanol–water partition coefficient (Wildman–Crippen LogP) is -1.11. The van der Waals surface area contributed by atoms with E-state index in [-0.39, 0.29) is 12.2 Å². The maximum Gasteiger partial charge on any atom is 0.326 e. The molecule has 168 valence electrons. The van der Waals surface area contributed by atoms with Crippen molar-refractivity contribution in [3.05, 3.63) is 47.2 Å². The zero-order chi connectivity index (χ0) is 23.0. The van der Waals surface area contributed by atoms with Crippen LogP contribution in [0.5, 0.6) is 0 Å². The summed E-state index contributed by atoms with van der Waals surface area (Å²) in [6.45, 7) is 2.09. The number of hydrogen-bond acceptors (Lipinski definition) is 7. The smallest absolute Gasteiger partial charge is 0.326 e. The summed E-state index contributed by atoms with van der Waals surface area (Å²) in [5.74, 6) is -2.27. The highest BCUT2D eigenvalue weighted by atomic mass is 32.2. The van der Waals surface area contributed by atoms with Gasteiger partial charge in [0.1, 0.15) is 17.5 Å². The summed E-state index contributed by atoms with van der Waals surface area (Å²) < 4.78 is 0. The summed E-state index contributed by atoms with van der Waals surface area (Å²) in [6.07, 6.45) is 0. The lowest BCUT2D eigenvalue weighted by molar-refractivity contribution is -0.301. The number of carboxylic acid groups (broad SMARTS) is 1. The van der Waals surface area contributed by atoms with Gasteiger partial charge in [-0.05, 0) is 18.1 Å². The van der Waals surface area contributed by atoms with Crippen LogP contribution in [0.1, 0.15) is 18.5 Å². The summed E-state index contributed by atoms with van der Waals surface area (Å²) in [5, 5.41) is 18.6. The van der Waals surface area contributed by atoms with Gasteiger partial charge in [0.05, 0.1) is 11.7 Å². The molecule has 3 aliphatic rings. The fourth-order valence-corrected chi connectivity index (χ4v) is 5.10. The number of carboxylic acids is 1. The maximum absolute atomic E-state index is 13.1. The predicted molar refractivity (Wildman–Crippen MR) is 111 cm³/mol. The molecule has 0 aromatic heterocycles. The number of hydrogen-bond donors (Lipinski definition) is 3. The second kappa shape index (κ2) is 8.54. The Morgan fingerprint density at radius 2 is 1.94 bits per heavy atom. The molecule has 32 heavy (non-hydrogen) atoms. The van der Waals surface area contributed by atoms with Gasteiger partial charge >= 0.3 is 12.1 Å². The molecule has 0 aliphatic carbocycles. The van der Waals surface area contributed by atoms with Crippen LogP contribution in [-0.4, -0.2) is 69.9 Å². The summed E-state index contributed by atoms with van der Waals surface area (Å²) in [5.41, 5.74) is 0.809. The van der Waals surface area contributed by atoms with Crippen LogP contribution in [-0.2, 0) is 14.4 Å². The van der Waals surface area contributed by atoms with Gasteiger partial charge in [0.25, 0.3) is 5.91 Å². The minimum Gasteiger partial charge on any atom is -0.543 e. The van der Waals surface area contributed by atoms with E-state index in [0.29, 0.717) is 23.4 Å². The first kappa shape index (κ1) is 21.7. The third-order valence-electron chi connectivity index (χ3n) is 5.41. The molecule has 0 saturated carbocycles. The number of imide groups is 1. The second-order valence-electron chi connectivity index (χ2n) is 7.49. The Bertz CT molecular complexity index is 1030. The number of β-lactam (4-membered cyclic amide) rings is 1. The molecule has 0 bridgehead atoms. The number of amides is 6. The van der Waals surface area contributed by atoms with Crippen molar-refractivity contribution in [2.45, 2.75) is 24.4 Å². The van der Waals surface area contributed by atoms with Crippen molar-refractivity contribution in [2.75, 3.05) is 18.8 Å². The fourth-order valence-electron chi connectivity index (χ4n) is 3.81. The molecule has 0 unspecified atom stereocenters. The van der Waals surface area contributed by atoms with Gasteiger partial charge in [-0.15, -0.1) is 11.8 Å². The van der Waals surface area contributed by atoms with Crippen molar-refractivity contribution in [1.29, 1.82) is 0 Å². The van der Waals surface area contributed by atoms with E-state index in [1.807, 2.05) is 0 Å². The second-order valence-corrected chi connectivity index (χ2v) is 8.59. The molecule has 1 aromatic rings. The first-order valence-corrected chi connectivity index (χ1v) is 10.9. The number of rotatable bonds is 5. The summed E-state index contributed by atoms with van der Waals surface area (Å²) in [4.78, 5) is 63.7. The quantitative estimate of drug-likeness (QED) is 0.473. The van der Waals surface area contributed by atoms with Crippen LogP contribution in [0.25, 0.3) is 0 Å². The highest BCUT2D eigenvalue weighted by Gasteiger charge is 2.52. The zero-order valence-electron chi connectivity index (χ0n) is 17.0. The standard InChI is InChI=1S/C20H21N5O6S/c1-10-9-32-17-13(16(27)25(17)14(10)18(28)29)22-15(26)12(11-5-3-2-4-6-11)23-20(31)24-8-7-21-19(24)30/h2-6,12-13,17H,7-9H2,1H3,(H,21,30)(H,22,26)(H,23,31)(H,28,29)/p-1/t12-,13-,17-/m1/s1. The monoisotopic (exact) mass is 458 g/mol. The topological polar surface area (TPSA) is 151 Å². The average molecular weight is 458 g/mol. The van der Waals surface area contributed by atoms with E-state index in [0.717, 1.165) is 9.80 Å². The van der Waals surface area contributed by atoms with Crippen molar-refractivity contribution in [3.8, 4) is 0 Å². The first-order chi connectivity index (χ1) is 15.3. The van der Waals surface area contributed by atoms with E-state index in [4.69, 9.17) is 0 Å². The van der Waals surface area contributed by atoms with Crippen LogP contribution >= 0.6 is 11.8 Å². The highest BCUT2D eigenvalue weighted by Crippen LogP contribution is 2.40. The number of nitrogens with zero attached hydrogens (tertiary/aromatic N) is 2. The zero-order valence-corrected chi connectivity index (χ0v) is 17.8. The van der Waals surface area contributed by atoms with Crippen LogP contribution in [0.4, 0.5) is 9.59 Å². The van der Waals surface area contributed by atoms with E-state index in [1.165, 1.54) is 11.8 Å². The number of thioether (sulfide) groups is 1. The van der Waals surface area contributed by atoms with Crippen LogP contribution in [0.15, 0.2) is 41.6 Å². The Labute approximate surface area is 187 Å². The Kier molecular flexibility index (Phi) is 5.78. The van der Waals surface area contributed by atoms with Crippen molar-refractivity contribution >= 4 is 41.6 Å².